The third kappa shape index (κ3) is 3.43. The summed E-state index contributed by atoms with van der Waals surface area (Å²) in [5, 5.41) is 0. The van der Waals surface area contributed by atoms with E-state index in [0.717, 1.165) is 29.7 Å². The number of likely N-dealkylation sites (tertiary alicyclic amines) is 1. The van der Waals surface area contributed by atoms with Gasteiger partial charge in [0.25, 0.3) is 15.9 Å². The third-order valence-corrected chi connectivity index (χ3v) is 7.03. The van der Waals surface area contributed by atoms with Gasteiger partial charge < -0.3 is 4.90 Å². The number of hydrogen-bond acceptors (Lipinski definition) is 4. The lowest BCUT2D eigenvalue weighted by atomic mass is 10.1. The molecule has 5 nitrogen and oxygen atoms in total. The number of hydrogen-bond donors (Lipinski definition) is 1. The van der Waals surface area contributed by atoms with Gasteiger partial charge in [0.1, 0.15) is 4.21 Å². The number of rotatable bonds is 4. The Kier molecular flexibility index (Phi) is 4.85. The Hall–Kier alpha value is -1.57. The minimum Gasteiger partial charge on any atom is -0.339 e. The van der Waals surface area contributed by atoms with Gasteiger partial charge in [-0.1, -0.05) is 23.7 Å². The molecule has 0 bridgehead atoms. The molecule has 1 aliphatic rings. The topological polar surface area (TPSA) is 66.5 Å². The van der Waals surface area contributed by atoms with Crippen molar-refractivity contribution >= 4 is 44.6 Å². The Morgan fingerprint density at radius 1 is 1.21 bits per heavy atom. The average molecular weight is 385 g/mol. The van der Waals surface area contributed by atoms with Crippen LogP contribution in [0.3, 0.4) is 0 Å². The van der Waals surface area contributed by atoms with Gasteiger partial charge in [0.15, 0.2) is 0 Å². The lowest BCUT2D eigenvalue weighted by Gasteiger charge is -2.19. The maximum absolute atomic E-state index is 12.8. The van der Waals surface area contributed by atoms with Gasteiger partial charge in [0, 0.05) is 13.1 Å². The molecule has 1 aliphatic heterocycles. The molecule has 0 unspecified atom stereocenters. The van der Waals surface area contributed by atoms with Crippen LogP contribution in [0.15, 0.2) is 34.5 Å². The Balaban J connectivity index is 1.96. The standard InChI is InChI=1S/C16H17ClN2O3S2/c1-11-5-4-6-12(15(11)16(20)19-9-2-3-10-19)18-24(21,22)14-8-7-13(17)23-14/h4-8,18H,2-3,9-10H2,1H3. The van der Waals surface area contributed by atoms with Crippen LogP contribution in [-0.4, -0.2) is 32.3 Å². The number of sulfonamides is 1. The first-order valence-corrected chi connectivity index (χ1v) is 10.2. The molecule has 1 saturated heterocycles. The van der Waals surface area contributed by atoms with E-state index in [-0.39, 0.29) is 10.1 Å². The van der Waals surface area contributed by atoms with Gasteiger partial charge in [0.2, 0.25) is 0 Å². The first kappa shape index (κ1) is 17.3. The number of halogens is 1. The molecule has 1 aromatic heterocycles. The zero-order valence-electron chi connectivity index (χ0n) is 13.1. The molecule has 1 amide bonds. The molecule has 1 fully saturated rings. The monoisotopic (exact) mass is 384 g/mol. The van der Waals surface area contributed by atoms with Crippen molar-refractivity contribution in [3.05, 3.63) is 45.8 Å². The average Bonchev–Trinajstić information content (AvgIpc) is 3.18. The van der Waals surface area contributed by atoms with E-state index in [9.17, 15) is 13.2 Å². The molecule has 0 aliphatic carbocycles. The van der Waals surface area contributed by atoms with Crippen LogP contribution in [0.1, 0.15) is 28.8 Å². The fourth-order valence-corrected chi connectivity index (χ4v) is 5.31. The van der Waals surface area contributed by atoms with Crippen LogP contribution in [-0.2, 0) is 10.0 Å². The summed E-state index contributed by atoms with van der Waals surface area (Å²) in [6.07, 6.45) is 1.96. The van der Waals surface area contributed by atoms with Gasteiger partial charge >= 0.3 is 0 Å². The predicted molar refractivity (Wildman–Crippen MR) is 96.5 cm³/mol. The lowest BCUT2D eigenvalue weighted by Crippen LogP contribution is -2.29. The summed E-state index contributed by atoms with van der Waals surface area (Å²) in [4.78, 5) is 14.6. The van der Waals surface area contributed by atoms with Crippen LogP contribution in [0.2, 0.25) is 4.34 Å². The smallest absolute Gasteiger partial charge is 0.271 e. The highest BCUT2D eigenvalue weighted by atomic mass is 35.5. The Morgan fingerprint density at radius 2 is 1.92 bits per heavy atom. The van der Waals surface area contributed by atoms with E-state index >= 15 is 0 Å². The Labute approximate surface area is 150 Å². The van der Waals surface area contributed by atoms with Gasteiger partial charge in [0.05, 0.1) is 15.6 Å². The summed E-state index contributed by atoms with van der Waals surface area (Å²) in [5.74, 6) is -0.132. The van der Waals surface area contributed by atoms with Crippen LogP contribution in [0, 0.1) is 6.92 Å². The van der Waals surface area contributed by atoms with Crippen molar-refractivity contribution in [2.45, 2.75) is 24.0 Å². The second kappa shape index (κ2) is 6.74. The van der Waals surface area contributed by atoms with Gasteiger partial charge in [-0.3, -0.25) is 9.52 Å². The summed E-state index contributed by atoms with van der Waals surface area (Å²) in [5.41, 5.74) is 1.46. The first-order valence-electron chi connectivity index (χ1n) is 7.55. The molecule has 3 rings (SSSR count). The van der Waals surface area contributed by atoms with E-state index in [4.69, 9.17) is 11.6 Å². The van der Waals surface area contributed by atoms with E-state index in [1.807, 2.05) is 13.0 Å². The van der Waals surface area contributed by atoms with Gasteiger partial charge in [-0.15, -0.1) is 11.3 Å². The number of carbonyl (C=O) groups is 1. The predicted octanol–water partition coefficient (Wildman–Crippen LogP) is 3.75. The molecule has 1 N–H and O–H groups in total. The molecule has 0 spiro atoms. The zero-order valence-corrected chi connectivity index (χ0v) is 15.5. The lowest BCUT2D eigenvalue weighted by molar-refractivity contribution is 0.0793. The van der Waals surface area contributed by atoms with Crippen molar-refractivity contribution in [1.29, 1.82) is 0 Å². The molecule has 1 aromatic carbocycles. The minimum atomic E-state index is -3.78. The molecule has 0 saturated carbocycles. The van der Waals surface area contributed by atoms with Crippen LogP contribution < -0.4 is 4.72 Å². The molecule has 8 heteroatoms. The number of benzene rings is 1. The summed E-state index contributed by atoms with van der Waals surface area (Å²) in [7, 11) is -3.78. The number of nitrogens with one attached hydrogen (secondary N) is 1. The van der Waals surface area contributed by atoms with Crippen LogP contribution >= 0.6 is 22.9 Å². The molecule has 0 radical (unpaired) electrons. The fraction of sp³-hybridized carbons (Fsp3) is 0.312. The second-order valence-corrected chi connectivity index (χ2v) is 9.29. The van der Waals surface area contributed by atoms with Crippen LogP contribution in [0.4, 0.5) is 5.69 Å². The summed E-state index contributed by atoms with van der Waals surface area (Å²) >= 11 is 6.81. The van der Waals surface area contributed by atoms with Crippen molar-refractivity contribution in [3.8, 4) is 0 Å². The summed E-state index contributed by atoms with van der Waals surface area (Å²) in [6.45, 7) is 3.23. The number of anilines is 1. The number of amides is 1. The third-order valence-electron chi connectivity index (χ3n) is 3.94. The van der Waals surface area contributed by atoms with E-state index in [1.54, 1.807) is 17.0 Å². The second-order valence-electron chi connectivity index (χ2n) is 5.66. The maximum atomic E-state index is 12.8. The van der Waals surface area contributed by atoms with Gasteiger partial charge in [-0.05, 0) is 43.5 Å². The maximum Gasteiger partial charge on any atom is 0.271 e. The Morgan fingerprint density at radius 3 is 2.54 bits per heavy atom. The molecule has 2 heterocycles. The van der Waals surface area contributed by atoms with E-state index in [1.165, 1.54) is 12.1 Å². The van der Waals surface area contributed by atoms with Crippen molar-refractivity contribution in [2.75, 3.05) is 17.8 Å². The van der Waals surface area contributed by atoms with E-state index in [2.05, 4.69) is 4.72 Å². The number of carbonyl (C=O) groups excluding carboxylic acids is 1. The number of thiophene rings is 1. The van der Waals surface area contributed by atoms with Crippen LogP contribution in [0.25, 0.3) is 0 Å². The highest BCUT2D eigenvalue weighted by Gasteiger charge is 2.26. The molecular formula is C16H17ClN2O3S2. The van der Waals surface area contributed by atoms with E-state index < -0.39 is 10.0 Å². The molecule has 2 aromatic rings. The summed E-state index contributed by atoms with van der Waals surface area (Å²) in [6, 6.07) is 8.14. The molecular weight excluding hydrogens is 368 g/mol. The quantitative estimate of drug-likeness (QED) is 0.872. The van der Waals surface area contributed by atoms with Crippen LogP contribution in [0.5, 0.6) is 0 Å². The van der Waals surface area contributed by atoms with Crippen molar-refractivity contribution in [2.24, 2.45) is 0 Å². The van der Waals surface area contributed by atoms with Gasteiger partial charge in [-0.2, -0.15) is 0 Å². The molecule has 0 atom stereocenters. The zero-order chi connectivity index (χ0) is 17.3. The fourth-order valence-electron chi connectivity index (χ4n) is 2.75. The van der Waals surface area contributed by atoms with E-state index in [0.29, 0.717) is 28.7 Å². The molecule has 24 heavy (non-hydrogen) atoms. The Bertz CT molecular complexity index is 871. The SMILES string of the molecule is Cc1cccc(NS(=O)(=O)c2ccc(Cl)s2)c1C(=O)N1CCCC1. The summed E-state index contributed by atoms with van der Waals surface area (Å²) < 4.78 is 28.1. The first-order chi connectivity index (χ1) is 11.4. The highest BCUT2D eigenvalue weighted by molar-refractivity contribution is 7.94. The molecule has 128 valence electrons. The number of nitrogens with zero attached hydrogens (tertiary/aromatic N) is 1. The van der Waals surface area contributed by atoms with Crippen molar-refractivity contribution in [1.82, 2.24) is 4.90 Å². The normalized spacial score (nSPS) is 14.8. The van der Waals surface area contributed by atoms with Gasteiger partial charge in [-0.25, -0.2) is 8.42 Å². The number of aryl methyl sites for hydroxylation is 1. The van der Waals surface area contributed by atoms with Crippen molar-refractivity contribution < 1.29 is 13.2 Å². The largest absolute Gasteiger partial charge is 0.339 e. The van der Waals surface area contributed by atoms with Crippen molar-refractivity contribution in [3.63, 3.8) is 0 Å². The minimum absolute atomic E-state index is 0.119. The highest BCUT2D eigenvalue weighted by Crippen LogP contribution is 2.30.